The first kappa shape index (κ1) is 12.5. The van der Waals surface area contributed by atoms with Gasteiger partial charge < -0.3 is 10.6 Å². The van der Waals surface area contributed by atoms with Crippen molar-refractivity contribution >= 4 is 5.84 Å². The molecular formula is C11H24N4. The van der Waals surface area contributed by atoms with Gasteiger partial charge in [0.25, 0.3) is 0 Å². The van der Waals surface area contributed by atoms with Crippen LogP contribution in [0.3, 0.4) is 0 Å². The van der Waals surface area contributed by atoms with E-state index in [0.717, 1.165) is 19.5 Å². The van der Waals surface area contributed by atoms with Gasteiger partial charge in [0, 0.05) is 13.1 Å². The van der Waals surface area contributed by atoms with Gasteiger partial charge in [0.2, 0.25) is 0 Å². The van der Waals surface area contributed by atoms with Crippen LogP contribution in [-0.2, 0) is 0 Å². The van der Waals surface area contributed by atoms with E-state index in [1.165, 1.54) is 25.9 Å². The lowest BCUT2D eigenvalue weighted by molar-refractivity contribution is 0.234. The van der Waals surface area contributed by atoms with Crippen molar-refractivity contribution in [1.29, 1.82) is 5.41 Å². The maximum Gasteiger partial charge on any atom is 0.108 e. The molecule has 0 amide bonds. The molecule has 0 bridgehead atoms. The number of nitrogens with zero attached hydrogens (tertiary/aromatic N) is 2. The minimum atomic E-state index is 0.118. The molecule has 0 aliphatic carbocycles. The highest BCUT2D eigenvalue weighted by atomic mass is 15.2. The summed E-state index contributed by atoms with van der Waals surface area (Å²) in [5.74, 6) is 0.293. The number of likely N-dealkylation sites (N-methyl/N-ethyl adjacent to an activating group) is 1. The summed E-state index contributed by atoms with van der Waals surface area (Å²) in [5, 5.41) is 7.49. The van der Waals surface area contributed by atoms with E-state index in [0.29, 0.717) is 5.84 Å². The Balaban J connectivity index is 2.26. The van der Waals surface area contributed by atoms with Crippen molar-refractivity contribution in [3.05, 3.63) is 0 Å². The number of hydrogen-bond donors (Lipinski definition) is 2. The number of likely N-dealkylation sites (tertiary alicyclic amines) is 1. The van der Waals surface area contributed by atoms with Crippen LogP contribution in [-0.4, -0.2) is 54.9 Å². The number of hydrogen-bond acceptors (Lipinski definition) is 3. The predicted octanol–water partition coefficient (Wildman–Crippen LogP) is 0.729. The highest BCUT2D eigenvalue weighted by Gasteiger charge is 2.17. The average molecular weight is 212 g/mol. The Morgan fingerprint density at radius 1 is 1.47 bits per heavy atom. The molecule has 88 valence electrons. The molecule has 1 fully saturated rings. The van der Waals surface area contributed by atoms with Crippen LogP contribution in [0.4, 0.5) is 0 Å². The summed E-state index contributed by atoms with van der Waals surface area (Å²) in [5.41, 5.74) is 5.56. The van der Waals surface area contributed by atoms with Gasteiger partial charge in [-0.25, -0.2) is 0 Å². The highest BCUT2D eigenvalue weighted by molar-refractivity contribution is 5.82. The molecule has 4 nitrogen and oxygen atoms in total. The molecule has 0 aromatic carbocycles. The number of amidine groups is 1. The summed E-state index contributed by atoms with van der Waals surface area (Å²) in [6, 6.07) is 0.118. The summed E-state index contributed by atoms with van der Waals surface area (Å²) in [6.45, 7) is 6.69. The molecule has 1 saturated heterocycles. The van der Waals surface area contributed by atoms with Crippen molar-refractivity contribution in [3.8, 4) is 0 Å². The summed E-state index contributed by atoms with van der Waals surface area (Å²) < 4.78 is 0. The van der Waals surface area contributed by atoms with E-state index in [1.807, 2.05) is 0 Å². The molecule has 1 atom stereocenters. The van der Waals surface area contributed by atoms with Crippen LogP contribution in [0, 0.1) is 5.41 Å². The lowest BCUT2D eigenvalue weighted by Crippen LogP contribution is -2.44. The molecule has 0 radical (unpaired) electrons. The minimum Gasteiger partial charge on any atom is -0.386 e. The first-order valence-corrected chi connectivity index (χ1v) is 5.91. The second-order valence-electron chi connectivity index (χ2n) is 4.41. The summed E-state index contributed by atoms with van der Waals surface area (Å²) >= 11 is 0. The van der Waals surface area contributed by atoms with E-state index < -0.39 is 0 Å². The van der Waals surface area contributed by atoms with Crippen LogP contribution in [0.2, 0.25) is 0 Å². The fraction of sp³-hybridized carbons (Fsp3) is 0.909. The first-order valence-electron chi connectivity index (χ1n) is 5.91. The van der Waals surface area contributed by atoms with Crippen LogP contribution < -0.4 is 5.73 Å². The average Bonchev–Trinajstić information content (AvgIpc) is 2.67. The monoisotopic (exact) mass is 212 g/mol. The SMILES string of the molecule is CCC(C(=N)N)N(C)CCN1CCCC1. The topological polar surface area (TPSA) is 56.4 Å². The summed E-state index contributed by atoms with van der Waals surface area (Å²) in [6.07, 6.45) is 3.60. The molecule has 1 heterocycles. The maximum atomic E-state index is 7.49. The van der Waals surface area contributed by atoms with Gasteiger partial charge in [-0.05, 0) is 39.4 Å². The minimum absolute atomic E-state index is 0.118. The van der Waals surface area contributed by atoms with E-state index >= 15 is 0 Å². The smallest absolute Gasteiger partial charge is 0.108 e. The Morgan fingerprint density at radius 2 is 2.07 bits per heavy atom. The third kappa shape index (κ3) is 3.80. The Hall–Kier alpha value is -0.610. The summed E-state index contributed by atoms with van der Waals surface area (Å²) in [7, 11) is 2.06. The molecule has 3 N–H and O–H groups in total. The van der Waals surface area contributed by atoms with Gasteiger partial charge >= 0.3 is 0 Å². The van der Waals surface area contributed by atoms with Crippen molar-refractivity contribution in [3.63, 3.8) is 0 Å². The first-order chi connectivity index (χ1) is 7.15. The van der Waals surface area contributed by atoms with Crippen molar-refractivity contribution in [2.45, 2.75) is 32.2 Å². The van der Waals surface area contributed by atoms with Crippen LogP contribution in [0.25, 0.3) is 0 Å². The number of nitrogens with two attached hydrogens (primary N) is 1. The van der Waals surface area contributed by atoms with Gasteiger partial charge in [0.15, 0.2) is 0 Å². The fourth-order valence-corrected chi connectivity index (χ4v) is 2.23. The quantitative estimate of drug-likeness (QED) is 0.504. The van der Waals surface area contributed by atoms with E-state index in [4.69, 9.17) is 11.1 Å². The van der Waals surface area contributed by atoms with Crippen LogP contribution in [0.5, 0.6) is 0 Å². The van der Waals surface area contributed by atoms with Gasteiger partial charge in [-0.15, -0.1) is 0 Å². The van der Waals surface area contributed by atoms with Crippen molar-refractivity contribution < 1.29 is 0 Å². The highest BCUT2D eigenvalue weighted by Crippen LogP contribution is 2.07. The maximum absolute atomic E-state index is 7.49. The van der Waals surface area contributed by atoms with E-state index in [-0.39, 0.29) is 6.04 Å². The van der Waals surface area contributed by atoms with Crippen LogP contribution >= 0.6 is 0 Å². The molecule has 1 unspecified atom stereocenters. The number of rotatable bonds is 6. The zero-order valence-electron chi connectivity index (χ0n) is 10.00. The van der Waals surface area contributed by atoms with Gasteiger partial charge in [-0.2, -0.15) is 0 Å². The molecule has 1 rings (SSSR count). The largest absolute Gasteiger partial charge is 0.386 e. The van der Waals surface area contributed by atoms with E-state index in [9.17, 15) is 0 Å². The van der Waals surface area contributed by atoms with Crippen molar-refractivity contribution in [2.24, 2.45) is 5.73 Å². The Kier molecular flexibility index (Phi) is 5.05. The molecule has 1 aliphatic rings. The zero-order valence-corrected chi connectivity index (χ0v) is 10.00. The predicted molar refractivity (Wildman–Crippen MR) is 64.3 cm³/mol. The van der Waals surface area contributed by atoms with Crippen LogP contribution in [0.1, 0.15) is 26.2 Å². The van der Waals surface area contributed by atoms with Gasteiger partial charge in [-0.3, -0.25) is 10.3 Å². The van der Waals surface area contributed by atoms with Crippen molar-refractivity contribution in [2.75, 3.05) is 33.2 Å². The second kappa shape index (κ2) is 6.08. The molecular weight excluding hydrogens is 188 g/mol. The second-order valence-corrected chi connectivity index (χ2v) is 4.41. The van der Waals surface area contributed by atoms with Gasteiger partial charge in [0.05, 0.1) is 6.04 Å². The third-order valence-corrected chi connectivity index (χ3v) is 3.25. The molecule has 0 aromatic rings. The molecule has 1 aliphatic heterocycles. The molecule has 4 heteroatoms. The Bertz CT molecular complexity index is 199. The lowest BCUT2D eigenvalue weighted by Gasteiger charge is -2.27. The fourth-order valence-electron chi connectivity index (χ4n) is 2.23. The number of nitrogens with one attached hydrogen (secondary N) is 1. The molecule has 15 heavy (non-hydrogen) atoms. The lowest BCUT2D eigenvalue weighted by atomic mass is 10.2. The molecule has 0 saturated carbocycles. The van der Waals surface area contributed by atoms with Crippen LogP contribution in [0.15, 0.2) is 0 Å². The molecule has 0 spiro atoms. The van der Waals surface area contributed by atoms with Gasteiger partial charge in [0.1, 0.15) is 5.84 Å². The third-order valence-electron chi connectivity index (χ3n) is 3.25. The Labute approximate surface area is 92.9 Å². The summed E-state index contributed by atoms with van der Waals surface area (Å²) in [4.78, 5) is 4.68. The van der Waals surface area contributed by atoms with Gasteiger partial charge in [-0.1, -0.05) is 6.92 Å². The van der Waals surface area contributed by atoms with E-state index in [2.05, 4.69) is 23.8 Å². The molecule has 0 aromatic heterocycles. The zero-order chi connectivity index (χ0) is 11.3. The van der Waals surface area contributed by atoms with E-state index in [1.54, 1.807) is 0 Å². The standard InChI is InChI=1S/C11H24N4/c1-3-10(11(12)13)14(2)8-9-15-6-4-5-7-15/h10H,3-9H2,1-2H3,(H3,12,13). The van der Waals surface area contributed by atoms with Crippen molar-refractivity contribution in [1.82, 2.24) is 9.80 Å². The normalized spacial score (nSPS) is 19.7. The Morgan fingerprint density at radius 3 is 2.53 bits per heavy atom.